The van der Waals surface area contributed by atoms with E-state index >= 15 is 0 Å². The molecule has 90 valence electrons. The van der Waals surface area contributed by atoms with E-state index in [4.69, 9.17) is 10.00 Å². The van der Waals surface area contributed by atoms with Gasteiger partial charge in [0.15, 0.2) is 0 Å². The van der Waals surface area contributed by atoms with Crippen molar-refractivity contribution in [2.75, 3.05) is 0 Å². The van der Waals surface area contributed by atoms with Crippen LogP contribution in [0.4, 0.5) is 4.39 Å². The molecule has 3 nitrogen and oxygen atoms in total. The van der Waals surface area contributed by atoms with Gasteiger partial charge in [0, 0.05) is 16.7 Å². The van der Waals surface area contributed by atoms with Gasteiger partial charge >= 0.3 is 0 Å². The van der Waals surface area contributed by atoms with Crippen LogP contribution in [0.15, 0.2) is 41.0 Å². The number of aromatic nitrogens is 1. The summed E-state index contributed by atoms with van der Waals surface area (Å²) < 4.78 is 19.4. The van der Waals surface area contributed by atoms with E-state index in [9.17, 15) is 4.39 Å². The van der Waals surface area contributed by atoms with Gasteiger partial charge in [-0.3, -0.25) is 0 Å². The van der Waals surface area contributed by atoms with Gasteiger partial charge in [-0.05, 0) is 39.7 Å². The highest BCUT2D eigenvalue weighted by Gasteiger charge is 2.03. The van der Waals surface area contributed by atoms with Crippen LogP contribution in [0.25, 0.3) is 0 Å². The lowest BCUT2D eigenvalue weighted by Gasteiger charge is -2.05. The maximum Gasteiger partial charge on any atom is 0.213 e. The molecule has 0 N–H and O–H groups in total. The number of ether oxygens (including phenoxy) is 1. The molecule has 1 heterocycles. The average Bonchev–Trinajstić information content (AvgIpc) is 2.39. The van der Waals surface area contributed by atoms with Gasteiger partial charge in [0.2, 0.25) is 5.88 Å². The van der Waals surface area contributed by atoms with Crippen molar-refractivity contribution < 1.29 is 9.13 Å². The van der Waals surface area contributed by atoms with Crippen molar-refractivity contribution in [2.45, 2.75) is 6.61 Å². The number of hydrogen-bond donors (Lipinski definition) is 0. The summed E-state index contributed by atoms with van der Waals surface area (Å²) in [7, 11) is 0. The standard InChI is InChI=1S/C13H8BrFN2O/c14-11-2-4-13(17-7-11)18-8-9-1-3-12(15)10(5-9)6-16/h1-5,7H,8H2. The minimum Gasteiger partial charge on any atom is -0.473 e. The van der Waals surface area contributed by atoms with Crippen molar-refractivity contribution in [1.82, 2.24) is 4.98 Å². The Bertz CT molecular complexity index is 593. The summed E-state index contributed by atoms with van der Waals surface area (Å²) in [6.07, 6.45) is 1.63. The topological polar surface area (TPSA) is 45.9 Å². The second-order valence-corrected chi connectivity index (χ2v) is 4.45. The van der Waals surface area contributed by atoms with Crippen molar-refractivity contribution in [1.29, 1.82) is 5.26 Å². The number of nitrogens with zero attached hydrogens (tertiary/aromatic N) is 2. The van der Waals surface area contributed by atoms with Gasteiger partial charge in [0.05, 0.1) is 5.56 Å². The van der Waals surface area contributed by atoms with Crippen LogP contribution in [0, 0.1) is 17.1 Å². The lowest BCUT2D eigenvalue weighted by molar-refractivity contribution is 0.293. The molecule has 0 saturated carbocycles. The first-order chi connectivity index (χ1) is 8.69. The Labute approximate surface area is 112 Å². The smallest absolute Gasteiger partial charge is 0.213 e. The molecule has 0 aliphatic rings. The third kappa shape index (κ3) is 3.05. The maximum absolute atomic E-state index is 13.1. The van der Waals surface area contributed by atoms with Gasteiger partial charge in [0.1, 0.15) is 18.5 Å². The third-order valence-electron chi connectivity index (χ3n) is 2.24. The maximum atomic E-state index is 13.1. The summed E-state index contributed by atoms with van der Waals surface area (Å²) in [5.74, 6) is -0.0518. The number of pyridine rings is 1. The predicted molar refractivity (Wildman–Crippen MR) is 67.4 cm³/mol. The lowest BCUT2D eigenvalue weighted by Crippen LogP contribution is -1.98. The molecule has 0 unspecified atom stereocenters. The Kier molecular flexibility index (Phi) is 3.90. The van der Waals surface area contributed by atoms with Gasteiger partial charge in [-0.2, -0.15) is 5.26 Å². The van der Waals surface area contributed by atoms with E-state index in [2.05, 4.69) is 20.9 Å². The first-order valence-electron chi connectivity index (χ1n) is 5.12. The monoisotopic (exact) mass is 306 g/mol. The van der Waals surface area contributed by atoms with Crippen LogP contribution in [-0.4, -0.2) is 4.98 Å². The molecule has 2 rings (SSSR count). The first-order valence-corrected chi connectivity index (χ1v) is 5.91. The molecule has 0 atom stereocenters. The van der Waals surface area contributed by atoms with Crippen molar-refractivity contribution in [3.8, 4) is 11.9 Å². The third-order valence-corrected chi connectivity index (χ3v) is 2.71. The largest absolute Gasteiger partial charge is 0.473 e. The Balaban J connectivity index is 2.06. The number of benzene rings is 1. The summed E-state index contributed by atoms with van der Waals surface area (Å²) >= 11 is 3.27. The van der Waals surface area contributed by atoms with Gasteiger partial charge in [-0.1, -0.05) is 6.07 Å². The van der Waals surface area contributed by atoms with E-state index in [1.54, 1.807) is 24.4 Å². The van der Waals surface area contributed by atoms with Gasteiger partial charge in [-0.25, -0.2) is 9.37 Å². The zero-order chi connectivity index (χ0) is 13.0. The Hall–Kier alpha value is -1.93. The summed E-state index contributed by atoms with van der Waals surface area (Å²) in [6, 6.07) is 9.62. The fourth-order valence-corrected chi connectivity index (χ4v) is 1.59. The Morgan fingerprint density at radius 2 is 2.17 bits per heavy atom. The molecular weight excluding hydrogens is 299 g/mol. The molecule has 1 aromatic carbocycles. The SMILES string of the molecule is N#Cc1cc(COc2ccc(Br)cn2)ccc1F. The predicted octanol–water partition coefficient (Wildman–Crippen LogP) is 3.43. The molecular formula is C13H8BrFN2O. The van der Waals surface area contributed by atoms with Crippen LogP contribution in [0.5, 0.6) is 5.88 Å². The fourth-order valence-electron chi connectivity index (χ4n) is 1.35. The van der Waals surface area contributed by atoms with E-state index in [0.29, 0.717) is 5.88 Å². The molecule has 2 aromatic rings. The number of rotatable bonds is 3. The highest BCUT2D eigenvalue weighted by molar-refractivity contribution is 9.10. The summed E-state index contributed by atoms with van der Waals surface area (Å²) in [5.41, 5.74) is 0.734. The average molecular weight is 307 g/mol. The summed E-state index contributed by atoms with van der Waals surface area (Å²) in [6.45, 7) is 0.240. The zero-order valence-corrected chi connectivity index (χ0v) is 10.8. The molecule has 0 amide bonds. The van der Waals surface area contributed by atoms with Crippen LogP contribution in [0.3, 0.4) is 0 Å². The van der Waals surface area contributed by atoms with Gasteiger partial charge in [0.25, 0.3) is 0 Å². The van der Waals surface area contributed by atoms with Crippen LogP contribution < -0.4 is 4.74 Å². The van der Waals surface area contributed by atoms with Crippen LogP contribution in [0.2, 0.25) is 0 Å². The van der Waals surface area contributed by atoms with Crippen molar-refractivity contribution in [3.05, 3.63) is 57.9 Å². The molecule has 5 heteroatoms. The second kappa shape index (κ2) is 5.61. The van der Waals surface area contributed by atoms with Crippen LogP contribution >= 0.6 is 15.9 Å². The quantitative estimate of drug-likeness (QED) is 0.872. The van der Waals surface area contributed by atoms with E-state index in [1.807, 2.05) is 6.07 Å². The minimum atomic E-state index is -0.525. The van der Waals surface area contributed by atoms with Crippen LogP contribution in [0.1, 0.15) is 11.1 Å². The van der Waals surface area contributed by atoms with Crippen LogP contribution in [-0.2, 0) is 6.61 Å². The molecule has 1 aromatic heterocycles. The number of hydrogen-bond acceptors (Lipinski definition) is 3. The number of halogens is 2. The molecule has 18 heavy (non-hydrogen) atoms. The van der Waals surface area contributed by atoms with Gasteiger partial charge < -0.3 is 4.74 Å². The molecule has 0 saturated heterocycles. The molecule has 0 aliphatic carbocycles. The molecule has 0 spiro atoms. The lowest BCUT2D eigenvalue weighted by atomic mass is 10.1. The molecule has 0 bridgehead atoms. The van der Waals surface area contributed by atoms with Crippen molar-refractivity contribution in [3.63, 3.8) is 0 Å². The van der Waals surface area contributed by atoms with Crippen molar-refractivity contribution in [2.24, 2.45) is 0 Å². The van der Waals surface area contributed by atoms with Gasteiger partial charge in [-0.15, -0.1) is 0 Å². The van der Waals surface area contributed by atoms with E-state index < -0.39 is 5.82 Å². The second-order valence-electron chi connectivity index (χ2n) is 3.53. The van der Waals surface area contributed by atoms with E-state index in [0.717, 1.165) is 10.0 Å². The Morgan fingerprint density at radius 3 is 2.83 bits per heavy atom. The molecule has 0 radical (unpaired) electrons. The first kappa shape index (κ1) is 12.5. The summed E-state index contributed by atoms with van der Waals surface area (Å²) in [4.78, 5) is 4.05. The highest BCUT2D eigenvalue weighted by Crippen LogP contribution is 2.15. The Morgan fingerprint density at radius 1 is 1.33 bits per heavy atom. The fraction of sp³-hybridized carbons (Fsp3) is 0.0769. The van der Waals surface area contributed by atoms with Crippen molar-refractivity contribution >= 4 is 15.9 Å². The highest BCUT2D eigenvalue weighted by atomic mass is 79.9. The normalized spacial score (nSPS) is 9.83. The summed E-state index contributed by atoms with van der Waals surface area (Å²) in [5, 5.41) is 8.71. The van der Waals surface area contributed by atoms with E-state index in [1.165, 1.54) is 12.1 Å². The van der Waals surface area contributed by atoms with E-state index in [-0.39, 0.29) is 12.2 Å². The zero-order valence-electron chi connectivity index (χ0n) is 9.23. The number of nitriles is 1. The molecule has 0 aliphatic heterocycles. The molecule has 0 fully saturated rings. The minimum absolute atomic E-state index is 0.0138.